The highest BCUT2D eigenvalue weighted by molar-refractivity contribution is 5.33. The first-order chi connectivity index (χ1) is 7.57. The first kappa shape index (κ1) is 12.9. The topological polar surface area (TPSA) is 49.8 Å². The minimum Gasteiger partial charge on any atom is -0.367 e. The molecule has 4 heteroatoms. The molecular weight excluding hydrogens is 200 g/mol. The van der Waals surface area contributed by atoms with Crippen molar-refractivity contribution in [1.82, 2.24) is 15.5 Å². The third-order valence-electron chi connectivity index (χ3n) is 2.61. The van der Waals surface area contributed by atoms with Gasteiger partial charge in [-0.1, -0.05) is 13.3 Å². The molecular formula is C12H22N4. The molecule has 1 aromatic heterocycles. The SMILES string of the molecule is CCCc1ccc(NCC(C)(C)NC)nn1. The minimum absolute atomic E-state index is 0.0593. The van der Waals surface area contributed by atoms with Gasteiger partial charge in [-0.25, -0.2) is 0 Å². The number of nitrogens with one attached hydrogen (secondary N) is 2. The third-order valence-corrected chi connectivity index (χ3v) is 2.61. The van der Waals surface area contributed by atoms with Gasteiger partial charge in [0, 0.05) is 12.1 Å². The molecule has 90 valence electrons. The molecule has 1 rings (SSSR count). The van der Waals surface area contributed by atoms with Crippen LogP contribution in [0.4, 0.5) is 5.82 Å². The number of hydrogen-bond donors (Lipinski definition) is 2. The fourth-order valence-electron chi connectivity index (χ4n) is 1.24. The van der Waals surface area contributed by atoms with Gasteiger partial charge in [0.2, 0.25) is 0 Å². The molecule has 0 aliphatic heterocycles. The van der Waals surface area contributed by atoms with Crippen molar-refractivity contribution in [2.75, 3.05) is 18.9 Å². The first-order valence-electron chi connectivity index (χ1n) is 5.83. The summed E-state index contributed by atoms with van der Waals surface area (Å²) in [6, 6.07) is 4.02. The van der Waals surface area contributed by atoms with Gasteiger partial charge in [0.1, 0.15) is 5.82 Å². The monoisotopic (exact) mass is 222 g/mol. The molecule has 0 spiro atoms. The van der Waals surface area contributed by atoms with Crippen LogP contribution in [0.1, 0.15) is 32.9 Å². The zero-order chi connectivity index (χ0) is 12.0. The zero-order valence-corrected chi connectivity index (χ0v) is 10.7. The maximum atomic E-state index is 4.16. The zero-order valence-electron chi connectivity index (χ0n) is 10.7. The summed E-state index contributed by atoms with van der Waals surface area (Å²) >= 11 is 0. The fraction of sp³-hybridized carbons (Fsp3) is 0.667. The Balaban J connectivity index is 2.49. The third kappa shape index (κ3) is 4.14. The number of aryl methyl sites for hydroxylation is 1. The van der Waals surface area contributed by atoms with Crippen molar-refractivity contribution in [2.24, 2.45) is 0 Å². The summed E-state index contributed by atoms with van der Waals surface area (Å²) < 4.78 is 0. The molecule has 0 amide bonds. The second-order valence-electron chi connectivity index (χ2n) is 4.65. The van der Waals surface area contributed by atoms with Gasteiger partial charge in [-0.05, 0) is 39.4 Å². The predicted octanol–water partition coefficient (Wildman–Crippen LogP) is 1.84. The Bertz CT molecular complexity index is 305. The van der Waals surface area contributed by atoms with Gasteiger partial charge in [0.15, 0.2) is 0 Å². The summed E-state index contributed by atoms with van der Waals surface area (Å²) in [5.74, 6) is 0.836. The Hall–Kier alpha value is -1.16. The number of likely N-dealkylation sites (N-methyl/N-ethyl adjacent to an activating group) is 1. The molecule has 1 aromatic rings. The summed E-state index contributed by atoms with van der Waals surface area (Å²) in [4.78, 5) is 0. The van der Waals surface area contributed by atoms with Crippen molar-refractivity contribution in [3.63, 3.8) is 0 Å². The minimum atomic E-state index is 0.0593. The van der Waals surface area contributed by atoms with Crippen LogP contribution in [-0.2, 0) is 6.42 Å². The van der Waals surface area contributed by atoms with E-state index >= 15 is 0 Å². The van der Waals surface area contributed by atoms with Gasteiger partial charge >= 0.3 is 0 Å². The van der Waals surface area contributed by atoms with Crippen molar-refractivity contribution in [3.05, 3.63) is 17.8 Å². The molecule has 0 radical (unpaired) electrons. The summed E-state index contributed by atoms with van der Waals surface area (Å²) in [6.45, 7) is 7.24. The molecule has 0 unspecified atom stereocenters. The Morgan fingerprint density at radius 2 is 2.00 bits per heavy atom. The molecule has 0 saturated heterocycles. The van der Waals surface area contributed by atoms with Gasteiger partial charge in [-0.3, -0.25) is 0 Å². The highest BCUT2D eigenvalue weighted by Gasteiger charge is 2.13. The van der Waals surface area contributed by atoms with Crippen LogP contribution < -0.4 is 10.6 Å². The van der Waals surface area contributed by atoms with Crippen LogP contribution >= 0.6 is 0 Å². The summed E-state index contributed by atoms with van der Waals surface area (Å²) in [5.41, 5.74) is 1.12. The van der Waals surface area contributed by atoms with Crippen molar-refractivity contribution >= 4 is 5.82 Å². The standard InChI is InChI=1S/C12H22N4/c1-5-6-10-7-8-11(16-15-10)14-9-12(2,3)13-4/h7-8,13H,5-6,9H2,1-4H3,(H,14,16). The molecule has 0 atom stereocenters. The lowest BCUT2D eigenvalue weighted by atomic mass is 10.1. The smallest absolute Gasteiger partial charge is 0.148 e. The van der Waals surface area contributed by atoms with Crippen molar-refractivity contribution < 1.29 is 0 Å². The van der Waals surface area contributed by atoms with Gasteiger partial charge in [-0.2, -0.15) is 5.10 Å². The van der Waals surface area contributed by atoms with Crippen LogP contribution in [0, 0.1) is 0 Å². The molecule has 16 heavy (non-hydrogen) atoms. The largest absolute Gasteiger partial charge is 0.367 e. The first-order valence-corrected chi connectivity index (χ1v) is 5.83. The van der Waals surface area contributed by atoms with E-state index in [0.717, 1.165) is 30.9 Å². The molecule has 0 aromatic carbocycles. The lowest BCUT2D eigenvalue weighted by molar-refractivity contribution is 0.447. The highest BCUT2D eigenvalue weighted by Crippen LogP contribution is 2.06. The van der Waals surface area contributed by atoms with Gasteiger partial charge in [0.25, 0.3) is 0 Å². The number of anilines is 1. The maximum Gasteiger partial charge on any atom is 0.148 e. The molecule has 2 N–H and O–H groups in total. The van der Waals surface area contributed by atoms with E-state index < -0.39 is 0 Å². The predicted molar refractivity (Wildman–Crippen MR) is 67.7 cm³/mol. The lowest BCUT2D eigenvalue weighted by Gasteiger charge is -2.24. The van der Waals surface area contributed by atoms with E-state index in [1.165, 1.54) is 0 Å². The lowest BCUT2D eigenvalue weighted by Crippen LogP contribution is -2.42. The Kier molecular flexibility index (Phi) is 4.68. The van der Waals surface area contributed by atoms with Crippen LogP contribution in [0.15, 0.2) is 12.1 Å². The molecule has 0 aliphatic carbocycles. The van der Waals surface area contributed by atoms with Crippen molar-refractivity contribution in [2.45, 2.75) is 39.2 Å². The van der Waals surface area contributed by atoms with Crippen LogP contribution in [-0.4, -0.2) is 29.3 Å². The Morgan fingerprint density at radius 3 is 2.50 bits per heavy atom. The van der Waals surface area contributed by atoms with E-state index in [0.29, 0.717) is 0 Å². The quantitative estimate of drug-likeness (QED) is 0.771. The molecule has 0 saturated carbocycles. The van der Waals surface area contributed by atoms with E-state index in [9.17, 15) is 0 Å². The Morgan fingerprint density at radius 1 is 1.25 bits per heavy atom. The van der Waals surface area contributed by atoms with Crippen LogP contribution in [0.3, 0.4) is 0 Å². The van der Waals surface area contributed by atoms with E-state index in [1.54, 1.807) is 0 Å². The highest BCUT2D eigenvalue weighted by atomic mass is 15.2. The van der Waals surface area contributed by atoms with Crippen LogP contribution in [0.5, 0.6) is 0 Å². The average Bonchev–Trinajstić information content (AvgIpc) is 2.29. The fourth-order valence-corrected chi connectivity index (χ4v) is 1.24. The maximum absolute atomic E-state index is 4.16. The number of rotatable bonds is 6. The van der Waals surface area contributed by atoms with E-state index in [4.69, 9.17) is 0 Å². The van der Waals surface area contributed by atoms with E-state index in [2.05, 4.69) is 41.6 Å². The van der Waals surface area contributed by atoms with Gasteiger partial charge < -0.3 is 10.6 Å². The number of aromatic nitrogens is 2. The summed E-state index contributed by atoms with van der Waals surface area (Å²) in [6.07, 6.45) is 2.10. The van der Waals surface area contributed by atoms with Gasteiger partial charge in [0.05, 0.1) is 5.69 Å². The van der Waals surface area contributed by atoms with Crippen LogP contribution in [0.25, 0.3) is 0 Å². The average molecular weight is 222 g/mol. The molecule has 0 fully saturated rings. The van der Waals surface area contributed by atoms with E-state index in [1.807, 2.05) is 19.2 Å². The molecule has 0 bridgehead atoms. The number of hydrogen-bond acceptors (Lipinski definition) is 4. The van der Waals surface area contributed by atoms with Crippen molar-refractivity contribution in [1.29, 1.82) is 0 Å². The molecule has 0 aliphatic rings. The molecule has 4 nitrogen and oxygen atoms in total. The van der Waals surface area contributed by atoms with Gasteiger partial charge in [-0.15, -0.1) is 5.10 Å². The summed E-state index contributed by atoms with van der Waals surface area (Å²) in [5, 5.41) is 14.8. The van der Waals surface area contributed by atoms with Crippen molar-refractivity contribution in [3.8, 4) is 0 Å². The summed E-state index contributed by atoms with van der Waals surface area (Å²) in [7, 11) is 1.96. The second kappa shape index (κ2) is 5.80. The molecule has 1 heterocycles. The second-order valence-corrected chi connectivity index (χ2v) is 4.65. The van der Waals surface area contributed by atoms with E-state index in [-0.39, 0.29) is 5.54 Å². The van der Waals surface area contributed by atoms with Crippen LogP contribution in [0.2, 0.25) is 0 Å². The Labute approximate surface area is 97.9 Å². The number of nitrogens with zero attached hydrogens (tertiary/aromatic N) is 2. The normalized spacial score (nSPS) is 11.5.